The van der Waals surface area contributed by atoms with Gasteiger partial charge in [-0.05, 0) is 42.3 Å². The zero-order valence-corrected chi connectivity index (χ0v) is 14.0. The van der Waals surface area contributed by atoms with Crippen molar-refractivity contribution >= 4 is 23.9 Å². The van der Waals surface area contributed by atoms with Crippen LogP contribution < -0.4 is 4.74 Å². The third kappa shape index (κ3) is 3.83. The monoisotopic (exact) mass is 335 g/mol. The van der Waals surface area contributed by atoms with Crippen molar-refractivity contribution in [3.63, 3.8) is 0 Å². The summed E-state index contributed by atoms with van der Waals surface area (Å²) >= 11 is 0. The smallest absolute Gasteiger partial charge is 0.363 e. The number of carbonyl (C=O) groups is 2. The number of rotatable bonds is 4. The molecule has 0 saturated carbocycles. The first-order valence-corrected chi connectivity index (χ1v) is 7.96. The van der Waals surface area contributed by atoms with Crippen molar-refractivity contribution in [2.45, 2.75) is 20.3 Å². The van der Waals surface area contributed by atoms with Gasteiger partial charge in [0.05, 0.1) is 0 Å². The van der Waals surface area contributed by atoms with E-state index >= 15 is 0 Å². The zero-order valence-electron chi connectivity index (χ0n) is 14.0. The molecule has 5 heteroatoms. The van der Waals surface area contributed by atoms with Gasteiger partial charge in [0, 0.05) is 12.0 Å². The topological polar surface area (TPSA) is 65.0 Å². The molecule has 0 amide bonds. The molecule has 0 saturated heterocycles. The largest absolute Gasteiger partial charge is 0.427 e. The molecule has 0 bridgehead atoms. The lowest BCUT2D eigenvalue weighted by Crippen LogP contribution is -2.06. The van der Waals surface area contributed by atoms with Crippen LogP contribution >= 0.6 is 0 Å². The lowest BCUT2D eigenvalue weighted by atomic mass is 10.1. The molecule has 0 spiro atoms. The van der Waals surface area contributed by atoms with Crippen LogP contribution in [-0.2, 0) is 14.3 Å². The summed E-state index contributed by atoms with van der Waals surface area (Å²) in [4.78, 5) is 27.8. The summed E-state index contributed by atoms with van der Waals surface area (Å²) in [5.74, 6) is -0.0993. The van der Waals surface area contributed by atoms with Crippen LogP contribution in [0, 0.1) is 6.92 Å². The fraction of sp³-hybridized carbons (Fsp3) is 0.150. The molecule has 126 valence electrons. The van der Waals surface area contributed by atoms with Gasteiger partial charge in [-0.3, -0.25) is 4.79 Å². The van der Waals surface area contributed by atoms with Crippen LogP contribution in [0.1, 0.15) is 30.0 Å². The minimum Gasteiger partial charge on any atom is -0.427 e. The molecule has 0 aromatic heterocycles. The predicted molar refractivity (Wildman–Crippen MR) is 94.2 cm³/mol. The molecular formula is C20H17NO4. The fourth-order valence-corrected chi connectivity index (χ4v) is 2.37. The number of esters is 2. The van der Waals surface area contributed by atoms with Gasteiger partial charge in [-0.2, -0.15) is 0 Å². The Morgan fingerprint density at radius 2 is 2.00 bits per heavy atom. The van der Waals surface area contributed by atoms with Crippen molar-refractivity contribution in [3.8, 4) is 5.75 Å². The van der Waals surface area contributed by atoms with E-state index in [2.05, 4.69) is 4.99 Å². The Morgan fingerprint density at radius 1 is 1.20 bits per heavy atom. The van der Waals surface area contributed by atoms with Gasteiger partial charge in [0.1, 0.15) is 5.75 Å². The molecule has 0 N–H and O–H groups in total. The molecule has 3 rings (SSSR count). The van der Waals surface area contributed by atoms with Crippen LogP contribution in [0.5, 0.6) is 5.75 Å². The minimum absolute atomic E-state index is 0.206. The summed E-state index contributed by atoms with van der Waals surface area (Å²) < 4.78 is 10.5. The summed E-state index contributed by atoms with van der Waals surface area (Å²) in [5.41, 5.74) is 2.66. The molecule has 25 heavy (non-hydrogen) atoms. The van der Waals surface area contributed by atoms with Crippen molar-refractivity contribution in [1.29, 1.82) is 0 Å². The fourth-order valence-electron chi connectivity index (χ4n) is 2.37. The van der Waals surface area contributed by atoms with Crippen molar-refractivity contribution in [2.24, 2.45) is 4.99 Å². The number of hydrogen-bond acceptors (Lipinski definition) is 5. The van der Waals surface area contributed by atoms with Gasteiger partial charge in [0.15, 0.2) is 5.70 Å². The summed E-state index contributed by atoms with van der Waals surface area (Å²) in [7, 11) is 0. The van der Waals surface area contributed by atoms with Gasteiger partial charge in [-0.1, -0.05) is 37.3 Å². The van der Waals surface area contributed by atoms with Crippen LogP contribution in [0.2, 0.25) is 0 Å². The third-order valence-corrected chi connectivity index (χ3v) is 3.68. The van der Waals surface area contributed by atoms with E-state index in [0.29, 0.717) is 23.6 Å². The van der Waals surface area contributed by atoms with Gasteiger partial charge in [-0.25, -0.2) is 9.79 Å². The maximum Gasteiger partial charge on any atom is 0.363 e. The number of hydrogen-bond donors (Lipinski definition) is 0. The summed E-state index contributed by atoms with van der Waals surface area (Å²) in [6, 6.07) is 14.5. The van der Waals surface area contributed by atoms with Crippen LogP contribution in [0.15, 0.2) is 59.2 Å². The van der Waals surface area contributed by atoms with Crippen LogP contribution in [0.4, 0.5) is 0 Å². The van der Waals surface area contributed by atoms with Gasteiger partial charge in [0.25, 0.3) is 0 Å². The Kier molecular flexibility index (Phi) is 4.75. The number of nitrogens with zero attached hydrogens (tertiary/aromatic N) is 1. The standard InChI is InChI=1S/C20H17NO4/c1-3-18(22)24-15-9-6-8-14(11-15)12-17-20(23)25-19(21-17)16-10-5-4-7-13(16)2/h4-12H,3H2,1-2H3/b17-12+. The SMILES string of the molecule is CCC(=O)Oc1cccc(/C=C2/N=C(c3ccccc3C)OC2=O)c1. The first kappa shape index (κ1) is 16.6. The molecule has 0 fully saturated rings. The lowest BCUT2D eigenvalue weighted by molar-refractivity contribution is -0.134. The Hall–Kier alpha value is -3.21. The lowest BCUT2D eigenvalue weighted by Gasteiger charge is -2.03. The molecule has 0 radical (unpaired) electrons. The van der Waals surface area contributed by atoms with Gasteiger partial charge >= 0.3 is 11.9 Å². The first-order valence-electron chi connectivity index (χ1n) is 7.96. The number of carbonyl (C=O) groups excluding carboxylic acids is 2. The molecule has 0 aliphatic carbocycles. The normalized spacial score (nSPS) is 15.0. The Morgan fingerprint density at radius 3 is 2.76 bits per heavy atom. The number of aryl methyl sites for hydroxylation is 1. The quantitative estimate of drug-likeness (QED) is 0.486. The molecule has 1 aliphatic rings. The van der Waals surface area contributed by atoms with Crippen molar-refractivity contribution in [3.05, 3.63) is 70.9 Å². The summed E-state index contributed by atoms with van der Waals surface area (Å²) in [6.07, 6.45) is 1.90. The first-order chi connectivity index (χ1) is 12.1. The van der Waals surface area contributed by atoms with Gasteiger partial charge in [0.2, 0.25) is 5.90 Å². The highest BCUT2D eigenvalue weighted by molar-refractivity contribution is 6.13. The average molecular weight is 335 g/mol. The second-order valence-corrected chi connectivity index (χ2v) is 5.55. The molecule has 1 aliphatic heterocycles. The number of ether oxygens (including phenoxy) is 2. The van der Waals surface area contributed by atoms with E-state index in [0.717, 1.165) is 11.1 Å². The second kappa shape index (κ2) is 7.13. The minimum atomic E-state index is -0.505. The molecule has 2 aromatic rings. The molecule has 5 nitrogen and oxygen atoms in total. The highest BCUT2D eigenvalue weighted by Gasteiger charge is 2.24. The molecule has 0 atom stereocenters. The maximum absolute atomic E-state index is 12.1. The van der Waals surface area contributed by atoms with E-state index in [9.17, 15) is 9.59 Å². The predicted octanol–water partition coefficient (Wildman–Crippen LogP) is 3.65. The molecule has 2 aromatic carbocycles. The number of aliphatic imine (C=N–C) groups is 1. The summed E-state index contributed by atoms with van der Waals surface area (Å²) in [6.45, 7) is 3.66. The van der Waals surface area contributed by atoms with Crippen molar-refractivity contribution in [1.82, 2.24) is 0 Å². The Bertz CT molecular complexity index is 896. The number of benzene rings is 2. The highest BCUT2D eigenvalue weighted by atomic mass is 16.6. The van der Waals surface area contributed by atoms with Crippen LogP contribution in [-0.4, -0.2) is 17.8 Å². The van der Waals surface area contributed by atoms with Crippen LogP contribution in [0.25, 0.3) is 6.08 Å². The average Bonchev–Trinajstić information content (AvgIpc) is 2.96. The zero-order chi connectivity index (χ0) is 17.8. The Balaban J connectivity index is 1.88. The van der Waals surface area contributed by atoms with Gasteiger partial charge < -0.3 is 9.47 Å². The van der Waals surface area contributed by atoms with E-state index in [1.54, 1.807) is 37.3 Å². The number of cyclic esters (lactones) is 1. The van der Waals surface area contributed by atoms with E-state index in [1.807, 2.05) is 31.2 Å². The van der Waals surface area contributed by atoms with Crippen molar-refractivity contribution < 1.29 is 19.1 Å². The summed E-state index contributed by atoms with van der Waals surface area (Å²) in [5, 5.41) is 0. The third-order valence-electron chi connectivity index (χ3n) is 3.68. The molecule has 1 heterocycles. The second-order valence-electron chi connectivity index (χ2n) is 5.55. The molecular weight excluding hydrogens is 318 g/mol. The molecule has 0 unspecified atom stereocenters. The van der Waals surface area contributed by atoms with E-state index < -0.39 is 5.97 Å². The highest BCUT2D eigenvalue weighted by Crippen LogP contribution is 2.22. The van der Waals surface area contributed by atoms with Crippen molar-refractivity contribution in [2.75, 3.05) is 0 Å². The van der Waals surface area contributed by atoms with Crippen LogP contribution in [0.3, 0.4) is 0 Å². The van der Waals surface area contributed by atoms with E-state index in [-0.39, 0.29) is 11.7 Å². The van der Waals surface area contributed by atoms with Gasteiger partial charge in [-0.15, -0.1) is 0 Å². The maximum atomic E-state index is 12.1. The van der Waals surface area contributed by atoms with E-state index in [1.165, 1.54) is 0 Å². The van der Waals surface area contributed by atoms with E-state index in [4.69, 9.17) is 9.47 Å². The Labute approximate surface area is 145 Å².